The molecule has 0 amide bonds. The van der Waals surface area contributed by atoms with E-state index in [0.717, 1.165) is 0 Å². The number of rotatable bonds is 4. The van der Waals surface area contributed by atoms with E-state index in [2.05, 4.69) is 0 Å². The number of aliphatic hydroxyl groups is 2. The molecular weight excluding hydrogens is 168 g/mol. The molecule has 0 bridgehead atoms. The maximum Gasteiger partial charge on any atom is 0.132 e. The minimum Gasteiger partial charge on any atom is -0.467 e. The molecule has 1 heterocycles. The summed E-state index contributed by atoms with van der Waals surface area (Å²) in [5, 5.41) is 18.2. The van der Waals surface area contributed by atoms with Crippen molar-refractivity contribution < 1.29 is 14.6 Å². The Labute approximate surface area is 77.3 Å². The van der Waals surface area contributed by atoms with Gasteiger partial charge in [0.15, 0.2) is 0 Å². The lowest BCUT2D eigenvalue weighted by atomic mass is 10.0. The summed E-state index contributed by atoms with van der Waals surface area (Å²) in [5.74, 6) is 0.494. The third kappa shape index (κ3) is 2.72. The van der Waals surface area contributed by atoms with Crippen LogP contribution in [0.25, 0.3) is 0 Å². The van der Waals surface area contributed by atoms with Crippen molar-refractivity contribution in [2.45, 2.75) is 13.0 Å². The zero-order valence-electron chi connectivity index (χ0n) is 7.55. The van der Waals surface area contributed by atoms with E-state index < -0.39 is 6.10 Å². The molecule has 3 heteroatoms. The van der Waals surface area contributed by atoms with Crippen molar-refractivity contribution in [3.8, 4) is 0 Å². The summed E-state index contributed by atoms with van der Waals surface area (Å²) in [5.41, 5.74) is 0. The fraction of sp³-hybridized carbons (Fsp3) is 0.400. The van der Waals surface area contributed by atoms with Gasteiger partial charge < -0.3 is 14.6 Å². The molecule has 0 aromatic carbocycles. The Hall–Kier alpha value is -1.06. The Morgan fingerprint density at radius 2 is 2.38 bits per heavy atom. The van der Waals surface area contributed by atoms with Crippen LogP contribution < -0.4 is 0 Å². The molecular formula is C10H14O3. The molecule has 0 aliphatic carbocycles. The Kier molecular flexibility index (Phi) is 3.73. The Morgan fingerprint density at radius 3 is 2.92 bits per heavy atom. The van der Waals surface area contributed by atoms with Gasteiger partial charge in [-0.15, -0.1) is 0 Å². The minimum absolute atomic E-state index is 0.00475. The van der Waals surface area contributed by atoms with Crippen LogP contribution in [0, 0.1) is 5.92 Å². The quantitative estimate of drug-likeness (QED) is 0.694. The van der Waals surface area contributed by atoms with Crippen molar-refractivity contribution in [1.29, 1.82) is 0 Å². The van der Waals surface area contributed by atoms with Gasteiger partial charge in [-0.25, -0.2) is 0 Å². The number of aliphatic hydroxyl groups excluding tert-OH is 2. The first-order chi connectivity index (χ1) is 6.25. The first kappa shape index (κ1) is 10.0. The van der Waals surface area contributed by atoms with Gasteiger partial charge in [-0.05, 0) is 12.1 Å². The molecule has 13 heavy (non-hydrogen) atoms. The van der Waals surface area contributed by atoms with E-state index >= 15 is 0 Å². The highest BCUT2D eigenvalue weighted by Gasteiger charge is 2.15. The second-order valence-corrected chi connectivity index (χ2v) is 2.93. The number of hydrogen-bond acceptors (Lipinski definition) is 3. The minimum atomic E-state index is -0.641. The van der Waals surface area contributed by atoms with Crippen LogP contribution in [0.15, 0.2) is 35.0 Å². The maximum absolute atomic E-state index is 9.68. The maximum atomic E-state index is 9.68. The number of furan rings is 1. The molecule has 0 aliphatic rings. The smallest absolute Gasteiger partial charge is 0.132 e. The highest BCUT2D eigenvalue weighted by molar-refractivity contribution is 5.05. The summed E-state index contributed by atoms with van der Waals surface area (Å²) in [6.45, 7) is 1.86. The molecule has 3 nitrogen and oxygen atoms in total. The van der Waals surface area contributed by atoms with Crippen molar-refractivity contribution in [2.75, 3.05) is 6.61 Å². The predicted octanol–water partition coefficient (Wildman–Crippen LogP) is 1.50. The van der Waals surface area contributed by atoms with Gasteiger partial charge in [0.1, 0.15) is 11.9 Å². The number of hydrogen-bond donors (Lipinski definition) is 2. The van der Waals surface area contributed by atoms with Crippen LogP contribution in [0.2, 0.25) is 0 Å². The van der Waals surface area contributed by atoms with Gasteiger partial charge in [-0.1, -0.05) is 19.1 Å². The molecule has 1 rings (SSSR count). The van der Waals surface area contributed by atoms with E-state index in [4.69, 9.17) is 9.52 Å². The molecule has 0 unspecified atom stereocenters. The highest BCUT2D eigenvalue weighted by Crippen LogP contribution is 2.22. The Balaban J connectivity index is 2.57. The van der Waals surface area contributed by atoms with E-state index in [9.17, 15) is 5.11 Å². The topological polar surface area (TPSA) is 53.6 Å². The predicted molar refractivity (Wildman–Crippen MR) is 49.1 cm³/mol. The lowest BCUT2D eigenvalue weighted by molar-refractivity contribution is 0.114. The molecule has 2 N–H and O–H groups in total. The summed E-state index contributed by atoms with van der Waals surface area (Å²) in [4.78, 5) is 0. The standard InChI is InChI=1S/C10H14O3/c1-8(4-2-6-11)10(12)9-5-3-7-13-9/h2-5,7-8,10-12H,6H2,1H3/b4-2+/t8-,10-/m0/s1. The van der Waals surface area contributed by atoms with Gasteiger partial charge in [-0.2, -0.15) is 0 Å². The van der Waals surface area contributed by atoms with Crippen molar-refractivity contribution in [2.24, 2.45) is 5.92 Å². The van der Waals surface area contributed by atoms with Crippen molar-refractivity contribution in [3.63, 3.8) is 0 Å². The van der Waals surface area contributed by atoms with Crippen LogP contribution in [0.4, 0.5) is 0 Å². The monoisotopic (exact) mass is 182 g/mol. The van der Waals surface area contributed by atoms with Crippen molar-refractivity contribution in [3.05, 3.63) is 36.3 Å². The lowest BCUT2D eigenvalue weighted by Gasteiger charge is -2.12. The zero-order chi connectivity index (χ0) is 9.68. The van der Waals surface area contributed by atoms with Gasteiger partial charge in [0.2, 0.25) is 0 Å². The van der Waals surface area contributed by atoms with Gasteiger partial charge >= 0.3 is 0 Å². The average Bonchev–Trinajstić information content (AvgIpc) is 2.65. The zero-order valence-corrected chi connectivity index (χ0v) is 7.55. The third-order valence-electron chi connectivity index (χ3n) is 1.88. The van der Waals surface area contributed by atoms with Gasteiger partial charge in [0.25, 0.3) is 0 Å². The van der Waals surface area contributed by atoms with Gasteiger partial charge in [-0.3, -0.25) is 0 Å². The van der Waals surface area contributed by atoms with Crippen molar-refractivity contribution >= 4 is 0 Å². The van der Waals surface area contributed by atoms with E-state index in [1.807, 2.05) is 6.92 Å². The molecule has 0 saturated carbocycles. The second-order valence-electron chi connectivity index (χ2n) is 2.93. The third-order valence-corrected chi connectivity index (χ3v) is 1.88. The lowest BCUT2D eigenvalue weighted by Crippen LogP contribution is -2.05. The Morgan fingerprint density at radius 1 is 1.62 bits per heavy atom. The molecule has 1 aromatic heterocycles. The Bertz CT molecular complexity index is 251. The summed E-state index contributed by atoms with van der Waals surface area (Å²) in [7, 11) is 0. The van der Waals surface area contributed by atoms with E-state index in [1.165, 1.54) is 6.26 Å². The molecule has 2 atom stereocenters. The molecule has 0 spiro atoms. The molecule has 0 saturated heterocycles. The second kappa shape index (κ2) is 4.84. The highest BCUT2D eigenvalue weighted by atomic mass is 16.4. The van der Waals surface area contributed by atoms with Crippen molar-refractivity contribution in [1.82, 2.24) is 0 Å². The SMILES string of the molecule is C[C@@H](/C=C/CO)[C@H](O)c1ccco1. The molecule has 1 aromatic rings. The van der Waals surface area contributed by atoms with Crippen LogP contribution in [-0.4, -0.2) is 16.8 Å². The largest absolute Gasteiger partial charge is 0.467 e. The summed E-state index contributed by atoms with van der Waals surface area (Å²) in [6.07, 6.45) is 4.25. The van der Waals surface area contributed by atoms with E-state index in [1.54, 1.807) is 24.3 Å². The molecule has 0 aliphatic heterocycles. The van der Waals surface area contributed by atoms with Crippen LogP contribution in [0.3, 0.4) is 0 Å². The van der Waals surface area contributed by atoms with Crippen LogP contribution in [-0.2, 0) is 0 Å². The fourth-order valence-corrected chi connectivity index (χ4v) is 1.10. The fourth-order valence-electron chi connectivity index (χ4n) is 1.10. The molecule has 72 valence electrons. The average molecular weight is 182 g/mol. The normalized spacial score (nSPS) is 16.2. The summed E-state index contributed by atoms with van der Waals surface area (Å²) < 4.78 is 5.05. The molecule has 0 fully saturated rings. The first-order valence-corrected chi connectivity index (χ1v) is 4.24. The van der Waals surface area contributed by atoms with Gasteiger partial charge in [0, 0.05) is 5.92 Å². The van der Waals surface area contributed by atoms with E-state index in [0.29, 0.717) is 5.76 Å². The van der Waals surface area contributed by atoms with Crippen LogP contribution >= 0.6 is 0 Å². The van der Waals surface area contributed by atoms with Crippen LogP contribution in [0.5, 0.6) is 0 Å². The summed E-state index contributed by atoms with van der Waals surface area (Å²) >= 11 is 0. The summed E-state index contributed by atoms with van der Waals surface area (Å²) in [6, 6.07) is 3.47. The first-order valence-electron chi connectivity index (χ1n) is 4.24. The molecule has 0 radical (unpaired) electrons. The van der Waals surface area contributed by atoms with Crippen LogP contribution in [0.1, 0.15) is 18.8 Å². The van der Waals surface area contributed by atoms with Gasteiger partial charge in [0.05, 0.1) is 12.9 Å². The van der Waals surface area contributed by atoms with E-state index in [-0.39, 0.29) is 12.5 Å².